The predicted octanol–water partition coefficient (Wildman–Crippen LogP) is 7.28. The standard InChI is InChI=1S/C30H30F2N2OS/c1-19-4-5-25-16-34(17-29(25)36-21(19)3)30(35)18-33-15-24(23-8-12-27(32)20(2)14-23)9-13-28(33)22-6-10-26(31)11-7-22/h6-8,10-15H,4-5,9,16-18H2,1-3H3. The maximum atomic E-state index is 13.9. The first kappa shape index (κ1) is 24.6. The molecule has 2 aromatic rings. The van der Waals surface area contributed by atoms with E-state index in [1.165, 1.54) is 39.2 Å². The molecule has 0 aliphatic carbocycles. The number of thioether (sulfide) groups is 1. The van der Waals surface area contributed by atoms with Crippen LogP contribution in [0.3, 0.4) is 0 Å². The minimum absolute atomic E-state index is 0.0582. The molecule has 0 atom stereocenters. The first-order chi connectivity index (χ1) is 17.3. The van der Waals surface area contributed by atoms with Crippen LogP contribution < -0.4 is 0 Å². The van der Waals surface area contributed by atoms with Gasteiger partial charge in [-0.15, -0.1) is 0 Å². The number of amides is 1. The van der Waals surface area contributed by atoms with Crippen LogP contribution in [0.15, 0.2) is 75.7 Å². The Balaban J connectivity index is 1.39. The Hall–Kier alpha value is -3.12. The van der Waals surface area contributed by atoms with Gasteiger partial charge in [0.2, 0.25) is 5.91 Å². The van der Waals surface area contributed by atoms with Gasteiger partial charge in [-0.25, -0.2) is 8.78 Å². The number of rotatable bonds is 4. The Morgan fingerprint density at radius 1 is 0.972 bits per heavy atom. The van der Waals surface area contributed by atoms with Crippen LogP contribution in [-0.2, 0) is 4.79 Å². The summed E-state index contributed by atoms with van der Waals surface area (Å²) in [5, 5.41) is 0. The van der Waals surface area contributed by atoms with E-state index in [0.717, 1.165) is 35.2 Å². The number of aryl methyl sites for hydroxylation is 1. The third kappa shape index (κ3) is 5.05. The Kier molecular flexibility index (Phi) is 6.89. The van der Waals surface area contributed by atoms with Crippen molar-refractivity contribution in [1.29, 1.82) is 0 Å². The van der Waals surface area contributed by atoms with Gasteiger partial charge in [-0.2, -0.15) is 0 Å². The van der Waals surface area contributed by atoms with Crippen molar-refractivity contribution in [3.8, 4) is 0 Å². The smallest absolute Gasteiger partial charge is 0.243 e. The fourth-order valence-corrected chi connectivity index (χ4v) is 6.07. The number of hydrogen-bond donors (Lipinski definition) is 0. The third-order valence-corrected chi connectivity index (χ3v) is 8.57. The van der Waals surface area contributed by atoms with Crippen molar-refractivity contribution in [2.45, 2.75) is 40.0 Å². The van der Waals surface area contributed by atoms with E-state index in [4.69, 9.17) is 0 Å². The number of halogens is 2. The lowest BCUT2D eigenvalue weighted by Crippen LogP contribution is -2.37. The van der Waals surface area contributed by atoms with Crippen LogP contribution in [0.4, 0.5) is 8.78 Å². The van der Waals surface area contributed by atoms with Crippen LogP contribution in [0.5, 0.6) is 0 Å². The molecule has 0 unspecified atom stereocenters. The predicted molar refractivity (Wildman–Crippen MR) is 144 cm³/mol. The summed E-state index contributed by atoms with van der Waals surface area (Å²) in [5.41, 5.74) is 7.08. The molecule has 2 aromatic carbocycles. The van der Waals surface area contributed by atoms with E-state index < -0.39 is 0 Å². The monoisotopic (exact) mass is 504 g/mol. The highest BCUT2D eigenvalue weighted by Gasteiger charge is 2.30. The first-order valence-electron chi connectivity index (χ1n) is 12.3. The molecule has 6 heteroatoms. The van der Waals surface area contributed by atoms with Crippen molar-refractivity contribution < 1.29 is 13.6 Å². The van der Waals surface area contributed by atoms with E-state index in [0.29, 0.717) is 25.1 Å². The molecule has 186 valence electrons. The zero-order valence-electron chi connectivity index (χ0n) is 20.9. The molecule has 0 spiro atoms. The second-order valence-electron chi connectivity index (χ2n) is 9.76. The Bertz CT molecular complexity index is 1340. The highest BCUT2D eigenvalue weighted by Crippen LogP contribution is 2.40. The molecular formula is C30H30F2N2OS. The molecule has 0 fully saturated rings. The SMILES string of the molecule is CC1=C(C)SC2=C(CC1)CN(C(=O)CN1C=C(c3ccc(F)c(C)c3)CC=C1c1ccc(F)cc1)C2. The summed E-state index contributed by atoms with van der Waals surface area (Å²) in [6.45, 7) is 7.63. The number of benzene rings is 2. The first-order valence-corrected chi connectivity index (χ1v) is 13.1. The second kappa shape index (κ2) is 10.1. The fraction of sp³-hybridized carbons (Fsp3) is 0.300. The fourth-order valence-electron chi connectivity index (χ4n) is 4.90. The van der Waals surface area contributed by atoms with Crippen LogP contribution >= 0.6 is 11.8 Å². The van der Waals surface area contributed by atoms with Crippen molar-refractivity contribution in [2.75, 3.05) is 19.6 Å². The molecule has 3 heterocycles. The normalized spacial score (nSPS) is 18.2. The van der Waals surface area contributed by atoms with Crippen molar-refractivity contribution in [2.24, 2.45) is 0 Å². The molecule has 3 aliphatic rings. The quantitative estimate of drug-likeness (QED) is 0.437. The van der Waals surface area contributed by atoms with Gasteiger partial charge in [0.15, 0.2) is 0 Å². The molecular weight excluding hydrogens is 474 g/mol. The number of allylic oxidation sites excluding steroid dienone is 4. The van der Waals surface area contributed by atoms with E-state index in [1.807, 2.05) is 33.8 Å². The van der Waals surface area contributed by atoms with Crippen molar-refractivity contribution in [3.63, 3.8) is 0 Å². The summed E-state index contributed by atoms with van der Waals surface area (Å²) in [7, 11) is 0. The summed E-state index contributed by atoms with van der Waals surface area (Å²) in [6.07, 6.45) is 6.76. The summed E-state index contributed by atoms with van der Waals surface area (Å²) < 4.78 is 27.5. The minimum Gasteiger partial charge on any atom is -0.338 e. The van der Waals surface area contributed by atoms with Gasteiger partial charge in [0, 0.05) is 23.3 Å². The van der Waals surface area contributed by atoms with E-state index in [-0.39, 0.29) is 24.1 Å². The van der Waals surface area contributed by atoms with Gasteiger partial charge in [-0.1, -0.05) is 29.5 Å². The number of nitrogens with zero attached hydrogens (tertiary/aromatic N) is 2. The maximum absolute atomic E-state index is 13.9. The molecule has 0 bridgehead atoms. The highest BCUT2D eigenvalue weighted by atomic mass is 32.2. The van der Waals surface area contributed by atoms with Crippen LogP contribution in [-0.4, -0.2) is 35.3 Å². The van der Waals surface area contributed by atoms with E-state index in [9.17, 15) is 13.6 Å². The van der Waals surface area contributed by atoms with Gasteiger partial charge in [-0.3, -0.25) is 4.79 Å². The van der Waals surface area contributed by atoms with Gasteiger partial charge in [0.25, 0.3) is 0 Å². The Morgan fingerprint density at radius 3 is 2.47 bits per heavy atom. The number of carbonyl (C=O) groups excluding carboxylic acids is 1. The summed E-state index contributed by atoms with van der Waals surface area (Å²) >= 11 is 1.81. The average molecular weight is 505 g/mol. The highest BCUT2D eigenvalue weighted by molar-refractivity contribution is 8.06. The van der Waals surface area contributed by atoms with Crippen LogP contribution in [0.25, 0.3) is 11.3 Å². The van der Waals surface area contributed by atoms with Crippen LogP contribution in [0.2, 0.25) is 0 Å². The van der Waals surface area contributed by atoms with Gasteiger partial charge in [0.05, 0.1) is 6.54 Å². The largest absolute Gasteiger partial charge is 0.338 e. The average Bonchev–Trinajstić information content (AvgIpc) is 3.21. The molecule has 36 heavy (non-hydrogen) atoms. The maximum Gasteiger partial charge on any atom is 0.243 e. The molecule has 0 saturated carbocycles. The number of carbonyl (C=O) groups is 1. The lowest BCUT2D eigenvalue weighted by atomic mass is 9.97. The second-order valence-corrected chi connectivity index (χ2v) is 11.1. The van der Waals surface area contributed by atoms with Gasteiger partial charge in [-0.05, 0) is 109 Å². The van der Waals surface area contributed by atoms with Crippen LogP contribution in [0, 0.1) is 18.6 Å². The minimum atomic E-state index is -0.294. The van der Waals surface area contributed by atoms with Gasteiger partial charge < -0.3 is 9.80 Å². The van der Waals surface area contributed by atoms with Crippen molar-refractivity contribution in [1.82, 2.24) is 9.80 Å². The molecule has 0 radical (unpaired) electrons. The number of hydrogen-bond acceptors (Lipinski definition) is 3. The Morgan fingerprint density at radius 2 is 1.72 bits per heavy atom. The summed E-state index contributed by atoms with van der Waals surface area (Å²) in [6, 6.07) is 11.5. The van der Waals surface area contributed by atoms with Crippen molar-refractivity contribution in [3.05, 3.63) is 104 Å². The van der Waals surface area contributed by atoms with Crippen LogP contribution in [0.1, 0.15) is 49.8 Å². The lowest BCUT2D eigenvalue weighted by Gasteiger charge is -2.30. The van der Waals surface area contributed by atoms with E-state index >= 15 is 0 Å². The molecule has 0 saturated heterocycles. The van der Waals surface area contributed by atoms with E-state index in [2.05, 4.69) is 19.9 Å². The molecule has 1 amide bonds. The molecule has 3 nitrogen and oxygen atoms in total. The lowest BCUT2D eigenvalue weighted by molar-refractivity contribution is -0.130. The zero-order valence-corrected chi connectivity index (χ0v) is 21.7. The molecule has 0 aromatic heterocycles. The summed E-state index contributed by atoms with van der Waals surface area (Å²) in [4.78, 5) is 20.1. The Labute approximate surface area is 215 Å². The molecule has 5 rings (SSSR count). The third-order valence-electron chi connectivity index (χ3n) is 7.25. The van der Waals surface area contributed by atoms with E-state index in [1.54, 1.807) is 25.1 Å². The van der Waals surface area contributed by atoms with Crippen molar-refractivity contribution >= 4 is 28.9 Å². The summed E-state index contributed by atoms with van der Waals surface area (Å²) in [5.74, 6) is -0.468. The van der Waals surface area contributed by atoms with Gasteiger partial charge >= 0.3 is 0 Å². The molecule has 0 N–H and O–H groups in total. The van der Waals surface area contributed by atoms with Gasteiger partial charge in [0.1, 0.15) is 18.2 Å². The zero-order chi connectivity index (χ0) is 25.4. The topological polar surface area (TPSA) is 23.6 Å². The molecule has 3 aliphatic heterocycles.